The molecule has 0 saturated carbocycles. The molecule has 1 unspecified atom stereocenters. The second-order valence-electron chi connectivity index (χ2n) is 5.82. The van der Waals surface area contributed by atoms with Crippen LogP contribution in [0.4, 0.5) is 34.6 Å². The van der Waals surface area contributed by atoms with Gasteiger partial charge in [0.15, 0.2) is 6.04 Å². The molecule has 0 saturated heterocycles. The lowest BCUT2D eigenvalue weighted by Crippen LogP contribution is -2.28. The van der Waals surface area contributed by atoms with Crippen LogP contribution in [0.5, 0.6) is 0 Å². The first-order valence-corrected chi connectivity index (χ1v) is 7.87. The average Bonchev–Trinajstić information content (AvgIpc) is 2.69. The van der Waals surface area contributed by atoms with E-state index in [0.717, 1.165) is 12.1 Å². The minimum atomic E-state index is -4.65. The van der Waals surface area contributed by atoms with Gasteiger partial charge in [0.2, 0.25) is 5.91 Å². The quantitative estimate of drug-likeness (QED) is 0.742. The molecular weight excluding hydrogens is 336 g/mol. The fraction of sp³-hybridized carbons (Fsp3) is 0.278. The highest BCUT2D eigenvalue weighted by molar-refractivity contribution is 6.04. The topological polar surface area (TPSA) is 32.3 Å². The number of alkyl halides is 3. The molecule has 7 heteroatoms. The van der Waals surface area contributed by atoms with Gasteiger partial charge < -0.3 is 5.32 Å². The number of amides is 1. The summed E-state index contributed by atoms with van der Waals surface area (Å²) in [7, 11) is 0. The summed E-state index contributed by atoms with van der Waals surface area (Å²) in [5.74, 6) is -1.13. The van der Waals surface area contributed by atoms with Crippen LogP contribution in [0.3, 0.4) is 0 Å². The van der Waals surface area contributed by atoms with E-state index in [2.05, 4.69) is 5.32 Å². The summed E-state index contributed by atoms with van der Waals surface area (Å²) in [4.78, 5) is 13.9. The van der Waals surface area contributed by atoms with Gasteiger partial charge in [-0.05, 0) is 36.8 Å². The zero-order valence-corrected chi connectivity index (χ0v) is 13.4. The van der Waals surface area contributed by atoms with Gasteiger partial charge in [0.1, 0.15) is 5.82 Å². The SMILES string of the molecule is CCCC(=O)N1c2ccccc2NC(C(F)(F)F)c2cc(F)ccc21. The van der Waals surface area contributed by atoms with E-state index in [0.29, 0.717) is 12.1 Å². The Hall–Kier alpha value is -2.57. The summed E-state index contributed by atoms with van der Waals surface area (Å²) in [6.45, 7) is 1.81. The Morgan fingerprint density at radius 2 is 1.88 bits per heavy atom. The number of nitrogens with one attached hydrogen (secondary N) is 1. The van der Waals surface area contributed by atoms with Crippen LogP contribution >= 0.6 is 0 Å². The molecule has 0 bridgehead atoms. The summed E-state index contributed by atoms with van der Waals surface area (Å²) in [5.41, 5.74) is 0.222. The molecule has 0 radical (unpaired) electrons. The fourth-order valence-corrected chi connectivity index (χ4v) is 2.97. The lowest BCUT2D eigenvalue weighted by Gasteiger charge is -2.25. The van der Waals surface area contributed by atoms with Crippen molar-refractivity contribution in [2.45, 2.75) is 32.0 Å². The Labute approximate surface area is 142 Å². The summed E-state index contributed by atoms with van der Waals surface area (Å²) in [6, 6.07) is 7.27. The molecule has 25 heavy (non-hydrogen) atoms. The lowest BCUT2D eigenvalue weighted by atomic mass is 10.0. The summed E-state index contributed by atoms with van der Waals surface area (Å²) in [5, 5.41) is 2.42. The number of anilines is 3. The van der Waals surface area contributed by atoms with E-state index < -0.39 is 18.0 Å². The first-order chi connectivity index (χ1) is 11.8. The van der Waals surface area contributed by atoms with E-state index in [4.69, 9.17) is 0 Å². The van der Waals surface area contributed by atoms with Gasteiger partial charge in [0.05, 0.1) is 17.1 Å². The molecule has 132 valence electrons. The molecule has 0 spiro atoms. The third kappa shape index (κ3) is 3.18. The number of hydrogen-bond donors (Lipinski definition) is 1. The minimum absolute atomic E-state index is 0.0413. The van der Waals surface area contributed by atoms with Gasteiger partial charge in [-0.3, -0.25) is 9.69 Å². The average molecular weight is 352 g/mol. The van der Waals surface area contributed by atoms with Gasteiger partial charge in [-0.25, -0.2) is 4.39 Å². The standard InChI is InChI=1S/C18H16F4N2O/c1-2-5-16(25)24-14-9-8-11(19)10-12(14)17(18(20,21)22)23-13-6-3-4-7-15(13)24/h3-4,6-10,17,23H,2,5H2,1H3. The zero-order valence-electron chi connectivity index (χ0n) is 13.4. The largest absolute Gasteiger partial charge is 0.412 e. The number of rotatable bonds is 2. The van der Waals surface area contributed by atoms with Crippen molar-refractivity contribution in [1.29, 1.82) is 0 Å². The van der Waals surface area contributed by atoms with E-state index in [9.17, 15) is 22.4 Å². The van der Waals surface area contributed by atoms with Crippen LogP contribution in [0.1, 0.15) is 31.4 Å². The molecule has 0 aromatic heterocycles. The molecule has 1 atom stereocenters. The highest BCUT2D eigenvalue weighted by Gasteiger charge is 2.45. The van der Waals surface area contributed by atoms with Crippen molar-refractivity contribution < 1.29 is 22.4 Å². The van der Waals surface area contributed by atoms with E-state index in [-0.39, 0.29) is 29.3 Å². The van der Waals surface area contributed by atoms with Gasteiger partial charge in [0.25, 0.3) is 0 Å². The maximum Gasteiger partial charge on any atom is 0.412 e. The Balaban J connectivity index is 2.28. The second-order valence-corrected chi connectivity index (χ2v) is 5.82. The molecule has 3 nitrogen and oxygen atoms in total. The van der Waals surface area contributed by atoms with Gasteiger partial charge in [0, 0.05) is 12.0 Å². The highest BCUT2D eigenvalue weighted by atomic mass is 19.4. The van der Waals surface area contributed by atoms with E-state index in [1.54, 1.807) is 18.2 Å². The Bertz CT molecular complexity index is 804. The molecule has 1 N–H and O–H groups in total. The molecule has 1 aliphatic heterocycles. The van der Waals surface area contributed by atoms with Gasteiger partial charge in [-0.2, -0.15) is 13.2 Å². The molecule has 1 amide bonds. The van der Waals surface area contributed by atoms with Crippen molar-refractivity contribution in [3.63, 3.8) is 0 Å². The van der Waals surface area contributed by atoms with Crippen LogP contribution < -0.4 is 10.2 Å². The Morgan fingerprint density at radius 1 is 1.16 bits per heavy atom. The summed E-state index contributed by atoms with van der Waals surface area (Å²) < 4.78 is 54.5. The van der Waals surface area contributed by atoms with Crippen LogP contribution in [-0.4, -0.2) is 12.1 Å². The van der Waals surface area contributed by atoms with Crippen molar-refractivity contribution in [1.82, 2.24) is 0 Å². The Kier molecular flexibility index (Phi) is 4.41. The Morgan fingerprint density at radius 3 is 2.56 bits per heavy atom. The number of hydrogen-bond acceptors (Lipinski definition) is 2. The smallest absolute Gasteiger partial charge is 0.369 e. The normalized spacial score (nSPS) is 16.5. The molecule has 1 aliphatic rings. The first-order valence-electron chi connectivity index (χ1n) is 7.87. The van der Waals surface area contributed by atoms with E-state index in [1.165, 1.54) is 17.0 Å². The predicted molar refractivity (Wildman–Crippen MR) is 87.3 cm³/mol. The van der Waals surface area contributed by atoms with Crippen molar-refractivity contribution in [3.05, 3.63) is 53.8 Å². The summed E-state index contributed by atoms with van der Waals surface area (Å²) in [6.07, 6.45) is -3.94. The van der Waals surface area contributed by atoms with Crippen LogP contribution in [0, 0.1) is 5.82 Å². The third-order valence-electron chi connectivity index (χ3n) is 4.03. The molecule has 0 aliphatic carbocycles. The molecule has 2 aromatic rings. The summed E-state index contributed by atoms with van der Waals surface area (Å²) >= 11 is 0. The maximum absolute atomic E-state index is 13.7. The van der Waals surface area contributed by atoms with Crippen LogP contribution in [0.25, 0.3) is 0 Å². The van der Waals surface area contributed by atoms with E-state index >= 15 is 0 Å². The van der Waals surface area contributed by atoms with Gasteiger partial charge >= 0.3 is 6.18 Å². The molecule has 3 rings (SSSR count). The highest BCUT2D eigenvalue weighted by Crippen LogP contribution is 2.47. The van der Waals surface area contributed by atoms with E-state index in [1.807, 2.05) is 6.92 Å². The van der Waals surface area contributed by atoms with Crippen LogP contribution in [0.2, 0.25) is 0 Å². The first kappa shape index (κ1) is 17.3. The second kappa shape index (κ2) is 6.38. The molecular formula is C18H16F4N2O. The van der Waals surface area contributed by atoms with Crippen molar-refractivity contribution >= 4 is 23.0 Å². The van der Waals surface area contributed by atoms with Crippen molar-refractivity contribution in [2.75, 3.05) is 10.2 Å². The molecule has 0 fully saturated rings. The number of para-hydroxylation sites is 2. The fourth-order valence-electron chi connectivity index (χ4n) is 2.97. The number of nitrogens with zero attached hydrogens (tertiary/aromatic N) is 1. The van der Waals surface area contributed by atoms with Crippen molar-refractivity contribution in [3.8, 4) is 0 Å². The number of carbonyl (C=O) groups excluding carboxylic acids is 1. The van der Waals surface area contributed by atoms with Crippen LogP contribution in [-0.2, 0) is 4.79 Å². The number of carbonyl (C=O) groups is 1. The minimum Gasteiger partial charge on any atom is -0.369 e. The predicted octanol–water partition coefficient (Wildman–Crippen LogP) is 5.32. The third-order valence-corrected chi connectivity index (χ3v) is 4.03. The number of fused-ring (bicyclic) bond motifs is 2. The van der Waals surface area contributed by atoms with Crippen LogP contribution in [0.15, 0.2) is 42.5 Å². The number of halogens is 4. The zero-order chi connectivity index (χ0) is 18.2. The molecule has 2 aromatic carbocycles. The number of benzene rings is 2. The maximum atomic E-state index is 13.7. The van der Waals surface area contributed by atoms with Gasteiger partial charge in [-0.15, -0.1) is 0 Å². The van der Waals surface area contributed by atoms with Crippen molar-refractivity contribution in [2.24, 2.45) is 0 Å². The monoisotopic (exact) mass is 352 g/mol. The van der Waals surface area contributed by atoms with Gasteiger partial charge in [-0.1, -0.05) is 19.1 Å². The lowest BCUT2D eigenvalue weighted by molar-refractivity contribution is -0.143. The molecule has 1 heterocycles.